The van der Waals surface area contributed by atoms with E-state index in [-0.39, 0.29) is 17.7 Å². The summed E-state index contributed by atoms with van der Waals surface area (Å²) >= 11 is 4.72. The Bertz CT molecular complexity index is 419. The monoisotopic (exact) mass is 318 g/mol. The van der Waals surface area contributed by atoms with Crippen LogP contribution in [0.5, 0.6) is 0 Å². The molecule has 1 atom stereocenters. The summed E-state index contributed by atoms with van der Waals surface area (Å²) in [6.45, 7) is 2.20. The third-order valence-corrected chi connectivity index (χ3v) is 4.23. The predicted molar refractivity (Wildman–Crippen MR) is 72.2 cm³/mol. The molecule has 0 aromatic carbocycles. The Morgan fingerprint density at radius 2 is 2.24 bits per heavy atom. The second kappa shape index (κ2) is 6.16. The molecule has 0 radical (unpaired) electrons. The minimum Gasteiger partial charge on any atom is -0.359 e. The van der Waals surface area contributed by atoms with E-state index in [1.807, 2.05) is 11.4 Å². The molecule has 1 unspecified atom stereocenters. The second-order valence-electron chi connectivity index (χ2n) is 3.80. The minimum atomic E-state index is -0.215. The number of carbonyl (C=O) groups excluding carboxylic acids is 2. The smallest absolute Gasteiger partial charge is 0.264 e. The van der Waals surface area contributed by atoms with E-state index in [0.717, 1.165) is 4.47 Å². The van der Waals surface area contributed by atoms with Gasteiger partial charge in [-0.15, -0.1) is 11.3 Å². The Kier molecular flexibility index (Phi) is 5.14. The van der Waals surface area contributed by atoms with Crippen LogP contribution in [0.3, 0.4) is 0 Å². The zero-order valence-corrected chi connectivity index (χ0v) is 12.4. The first kappa shape index (κ1) is 14.2. The number of nitrogens with one attached hydrogen (secondary N) is 1. The largest absolute Gasteiger partial charge is 0.359 e. The van der Waals surface area contributed by atoms with Crippen LogP contribution in [-0.2, 0) is 4.79 Å². The lowest BCUT2D eigenvalue weighted by Gasteiger charge is -2.20. The van der Waals surface area contributed by atoms with Gasteiger partial charge in [-0.05, 0) is 27.4 Å². The summed E-state index contributed by atoms with van der Waals surface area (Å²) < 4.78 is 0.798. The van der Waals surface area contributed by atoms with E-state index >= 15 is 0 Å². The fourth-order valence-electron chi connectivity index (χ4n) is 1.44. The molecule has 0 fully saturated rings. The molecule has 6 heteroatoms. The summed E-state index contributed by atoms with van der Waals surface area (Å²) in [5.74, 6) is -0.342. The van der Waals surface area contributed by atoms with Gasteiger partial charge >= 0.3 is 0 Å². The Morgan fingerprint density at radius 3 is 2.71 bits per heavy atom. The highest BCUT2D eigenvalue weighted by Gasteiger charge is 2.20. The molecule has 0 aliphatic rings. The Labute approximate surface area is 113 Å². The molecule has 1 aromatic heterocycles. The van der Waals surface area contributed by atoms with E-state index in [0.29, 0.717) is 11.4 Å². The second-order valence-corrected chi connectivity index (χ2v) is 5.57. The average molecular weight is 319 g/mol. The summed E-state index contributed by atoms with van der Waals surface area (Å²) in [6, 6.07) is 1.84. The maximum absolute atomic E-state index is 12.0. The van der Waals surface area contributed by atoms with Gasteiger partial charge in [0.05, 0.1) is 5.92 Å². The van der Waals surface area contributed by atoms with Crippen molar-refractivity contribution in [3.8, 4) is 0 Å². The van der Waals surface area contributed by atoms with E-state index < -0.39 is 0 Å². The molecule has 2 amide bonds. The number of rotatable bonds is 4. The molecule has 0 aliphatic carbocycles. The van der Waals surface area contributed by atoms with Crippen LogP contribution in [0.15, 0.2) is 15.9 Å². The molecule has 1 rings (SSSR count). The van der Waals surface area contributed by atoms with Gasteiger partial charge in [0.1, 0.15) is 4.88 Å². The Balaban J connectivity index is 2.65. The van der Waals surface area contributed by atoms with Crippen LogP contribution in [-0.4, -0.2) is 37.4 Å². The van der Waals surface area contributed by atoms with E-state index in [1.165, 1.54) is 11.3 Å². The molecule has 1 aromatic rings. The normalized spacial score (nSPS) is 12.0. The highest BCUT2D eigenvalue weighted by molar-refractivity contribution is 9.10. The van der Waals surface area contributed by atoms with Crippen molar-refractivity contribution >= 4 is 39.1 Å². The summed E-state index contributed by atoms with van der Waals surface area (Å²) in [7, 11) is 3.30. The number of thiophene rings is 1. The third kappa shape index (κ3) is 3.54. The summed E-state index contributed by atoms with van der Waals surface area (Å²) in [4.78, 5) is 25.6. The van der Waals surface area contributed by atoms with Crippen LogP contribution < -0.4 is 5.32 Å². The van der Waals surface area contributed by atoms with Crippen LogP contribution in [0.4, 0.5) is 0 Å². The summed E-state index contributed by atoms with van der Waals surface area (Å²) in [5.41, 5.74) is 0. The van der Waals surface area contributed by atoms with Crippen LogP contribution in [0.2, 0.25) is 0 Å². The first-order valence-corrected chi connectivity index (χ1v) is 6.84. The van der Waals surface area contributed by atoms with Crippen molar-refractivity contribution in [1.29, 1.82) is 0 Å². The van der Waals surface area contributed by atoms with Gasteiger partial charge in [0.2, 0.25) is 5.91 Å². The van der Waals surface area contributed by atoms with E-state index in [4.69, 9.17) is 0 Å². The predicted octanol–water partition coefficient (Wildman–Crippen LogP) is 1.96. The first-order valence-electron chi connectivity index (χ1n) is 5.17. The van der Waals surface area contributed by atoms with E-state index in [1.54, 1.807) is 25.9 Å². The van der Waals surface area contributed by atoms with Gasteiger partial charge in [-0.1, -0.05) is 6.92 Å². The van der Waals surface area contributed by atoms with Crippen molar-refractivity contribution in [2.24, 2.45) is 5.92 Å². The number of nitrogens with zero attached hydrogens (tertiary/aromatic N) is 1. The molecular formula is C11H15BrN2O2S. The van der Waals surface area contributed by atoms with Gasteiger partial charge < -0.3 is 10.2 Å². The van der Waals surface area contributed by atoms with Gasteiger partial charge in [-0.25, -0.2) is 0 Å². The Hall–Kier alpha value is -0.880. The minimum absolute atomic E-state index is 0.0603. The van der Waals surface area contributed by atoms with Crippen molar-refractivity contribution in [2.45, 2.75) is 6.92 Å². The van der Waals surface area contributed by atoms with Crippen molar-refractivity contribution in [1.82, 2.24) is 10.2 Å². The molecule has 0 bridgehead atoms. The van der Waals surface area contributed by atoms with Gasteiger partial charge in [0, 0.05) is 25.1 Å². The van der Waals surface area contributed by atoms with Gasteiger partial charge in [0.25, 0.3) is 5.91 Å². The van der Waals surface area contributed by atoms with Crippen molar-refractivity contribution in [3.63, 3.8) is 0 Å². The molecule has 1 heterocycles. The molecule has 0 saturated heterocycles. The quantitative estimate of drug-likeness (QED) is 0.922. The topological polar surface area (TPSA) is 49.4 Å². The van der Waals surface area contributed by atoms with Crippen LogP contribution in [0, 0.1) is 5.92 Å². The number of amides is 2. The molecule has 0 spiro atoms. The maximum atomic E-state index is 12.0. The highest BCUT2D eigenvalue weighted by Crippen LogP contribution is 2.24. The maximum Gasteiger partial charge on any atom is 0.264 e. The molecular weight excluding hydrogens is 304 g/mol. The van der Waals surface area contributed by atoms with Crippen LogP contribution >= 0.6 is 27.3 Å². The number of hydrogen-bond acceptors (Lipinski definition) is 3. The van der Waals surface area contributed by atoms with Crippen LogP contribution in [0.1, 0.15) is 16.6 Å². The third-order valence-electron chi connectivity index (χ3n) is 2.40. The number of carbonyl (C=O) groups is 2. The molecule has 17 heavy (non-hydrogen) atoms. The molecule has 94 valence electrons. The lowest BCUT2D eigenvalue weighted by molar-refractivity contribution is -0.124. The van der Waals surface area contributed by atoms with E-state index in [2.05, 4.69) is 21.2 Å². The lowest BCUT2D eigenvalue weighted by atomic mass is 10.1. The zero-order valence-electron chi connectivity index (χ0n) is 9.99. The standard InChI is InChI=1S/C11H15BrN2O2S/c1-7(10(15)13-2)6-14(3)11(16)9-8(12)4-5-17-9/h4-5,7H,6H2,1-3H3,(H,13,15). The van der Waals surface area contributed by atoms with Crippen molar-refractivity contribution in [2.75, 3.05) is 20.6 Å². The SMILES string of the molecule is CNC(=O)C(C)CN(C)C(=O)c1sccc1Br. The fourth-order valence-corrected chi connectivity index (χ4v) is 2.98. The fraction of sp³-hybridized carbons (Fsp3) is 0.455. The average Bonchev–Trinajstić information content (AvgIpc) is 2.73. The van der Waals surface area contributed by atoms with Gasteiger partial charge in [-0.2, -0.15) is 0 Å². The van der Waals surface area contributed by atoms with Gasteiger partial charge in [0.15, 0.2) is 0 Å². The Morgan fingerprint density at radius 1 is 1.59 bits per heavy atom. The molecule has 1 N–H and O–H groups in total. The van der Waals surface area contributed by atoms with Gasteiger partial charge in [-0.3, -0.25) is 9.59 Å². The zero-order chi connectivity index (χ0) is 13.0. The van der Waals surface area contributed by atoms with Crippen LogP contribution in [0.25, 0.3) is 0 Å². The number of halogens is 1. The molecule has 0 aliphatic heterocycles. The highest BCUT2D eigenvalue weighted by atomic mass is 79.9. The van der Waals surface area contributed by atoms with Crippen molar-refractivity contribution in [3.05, 3.63) is 20.8 Å². The molecule has 0 saturated carbocycles. The first-order chi connectivity index (χ1) is 7.97. The summed E-state index contributed by atoms with van der Waals surface area (Å²) in [5, 5.41) is 4.43. The number of hydrogen-bond donors (Lipinski definition) is 1. The molecule has 4 nitrogen and oxygen atoms in total. The van der Waals surface area contributed by atoms with Crippen molar-refractivity contribution < 1.29 is 9.59 Å². The summed E-state index contributed by atoms with van der Waals surface area (Å²) in [6.07, 6.45) is 0. The van der Waals surface area contributed by atoms with E-state index in [9.17, 15) is 9.59 Å². The lowest BCUT2D eigenvalue weighted by Crippen LogP contribution is -2.37.